The van der Waals surface area contributed by atoms with Crippen LogP contribution in [0.2, 0.25) is 0 Å². The van der Waals surface area contributed by atoms with E-state index in [2.05, 4.69) is 0 Å². The molecule has 2 heterocycles. The van der Waals surface area contributed by atoms with Gasteiger partial charge < -0.3 is 9.64 Å². The zero-order valence-electron chi connectivity index (χ0n) is 11.3. The van der Waals surface area contributed by atoms with E-state index in [4.69, 9.17) is 4.74 Å². The van der Waals surface area contributed by atoms with Crippen molar-refractivity contribution in [2.45, 2.75) is 51.2 Å². The predicted octanol–water partition coefficient (Wildman–Crippen LogP) is 1.32. The van der Waals surface area contributed by atoms with E-state index in [1.165, 1.54) is 0 Å². The van der Waals surface area contributed by atoms with Gasteiger partial charge in [0.25, 0.3) is 0 Å². The standard InChI is InChI=1S/C13H23NO3S/c1-13(2)10-18(16)8-6-14(13)12(15)9-11-5-3-4-7-17-11/h11H,3-10H2,1-2H3/t11-,18+/m0/s1. The van der Waals surface area contributed by atoms with Gasteiger partial charge in [-0.25, -0.2) is 0 Å². The first-order valence-electron chi connectivity index (χ1n) is 6.76. The summed E-state index contributed by atoms with van der Waals surface area (Å²) >= 11 is 0. The van der Waals surface area contributed by atoms with Crippen molar-refractivity contribution in [3.8, 4) is 0 Å². The molecule has 2 atom stereocenters. The first kappa shape index (κ1) is 14.0. The number of carbonyl (C=O) groups is 1. The predicted molar refractivity (Wildman–Crippen MR) is 71.9 cm³/mol. The molecule has 18 heavy (non-hydrogen) atoms. The Hall–Kier alpha value is -0.420. The summed E-state index contributed by atoms with van der Waals surface area (Å²) in [6.45, 7) is 5.41. The van der Waals surface area contributed by atoms with Gasteiger partial charge in [0.1, 0.15) is 0 Å². The highest BCUT2D eigenvalue weighted by Crippen LogP contribution is 2.24. The molecule has 0 bridgehead atoms. The topological polar surface area (TPSA) is 46.6 Å². The Morgan fingerprint density at radius 1 is 1.44 bits per heavy atom. The molecule has 0 saturated carbocycles. The third-order valence-electron chi connectivity index (χ3n) is 3.76. The normalized spacial score (nSPS) is 32.2. The molecule has 5 heteroatoms. The number of hydrogen-bond donors (Lipinski definition) is 0. The number of carbonyl (C=O) groups excluding carboxylic acids is 1. The van der Waals surface area contributed by atoms with Crippen molar-refractivity contribution in [2.24, 2.45) is 0 Å². The lowest BCUT2D eigenvalue weighted by Crippen LogP contribution is -2.56. The Morgan fingerprint density at radius 2 is 2.22 bits per heavy atom. The van der Waals surface area contributed by atoms with Gasteiger partial charge in [-0.15, -0.1) is 0 Å². The molecule has 0 aliphatic carbocycles. The molecule has 2 aliphatic rings. The van der Waals surface area contributed by atoms with Crippen molar-refractivity contribution in [2.75, 3.05) is 24.7 Å². The van der Waals surface area contributed by atoms with Crippen molar-refractivity contribution < 1.29 is 13.7 Å². The molecular weight excluding hydrogens is 250 g/mol. The Kier molecular flexibility index (Phi) is 4.43. The van der Waals surface area contributed by atoms with Crippen LogP contribution in [0.1, 0.15) is 39.5 Å². The lowest BCUT2D eigenvalue weighted by atomic mass is 10.0. The maximum Gasteiger partial charge on any atom is 0.225 e. The van der Waals surface area contributed by atoms with Crippen LogP contribution in [0, 0.1) is 0 Å². The Balaban J connectivity index is 1.93. The van der Waals surface area contributed by atoms with E-state index < -0.39 is 10.8 Å². The zero-order chi connectivity index (χ0) is 13.2. The number of hydrogen-bond acceptors (Lipinski definition) is 3. The first-order chi connectivity index (χ1) is 8.49. The lowest BCUT2D eigenvalue weighted by molar-refractivity contribution is -0.139. The van der Waals surface area contributed by atoms with Crippen LogP contribution in [0.15, 0.2) is 0 Å². The fourth-order valence-corrected chi connectivity index (χ4v) is 4.25. The molecule has 2 rings (SSSR count). The molecule has 0 N–H and O–H groups in total. The summed E-state index contributed by atoms with van der Waals surface area (Å²) < 4.78 is 17.2. The second-order valence-electron chi connectivity index (χ2n) is 5.84. The fourth-order valence-electron chi connectivity index (χ4n) is 2.78. The van der Waals surface area contributed by atoms with Crippen LogP contribution in [-0.2, 0) is 20.3 Å². The van der Waals surface area contributed by atoms with Gasteiger partial charge in [-0.3, -0.25) is 9.00 Å². The summed E-state index contributed by atoms with van der Waals surface area (Å²) in [6, 6.07) is 0. The molecule has 0 aromatic heterocycles. The van der Waals surface area contributed by atoms with E-state index in [1.807, 2.05) is 18.7 Å². The first-order valence-corrected chi connectivity index (χ1v) is 8.25. The van der Waals surface area contributed by atoms with Crippen molar-refractivity contribution in [3.63, 3.8) is 0 Å². The molecule has 0 unspecified atom stereocenters. The maximum atomic E-state index is 12.3. The second-order valence-corrected chi connectivity index (χ2v) is 7.42. The molecule has 0 radical (unpaired) electrons. The third-order valence-corrected chi connectivity index (χ3v) is 5.43. The smallest absolute Gasteiger partial charge is 0.225 e. The lowest BCUT2D eigenvalue weighted by Gasteiger charge is -2.42. The number of nitrogens with zero attached hydrogens (tertiary/aromatic N) is 1. The van der Waals surface area contributed by atoms with Gasteiger partial charge in [0, 0.05) is 41.0 Å². The summed E-state index contributed by atoms with van der Waals surface area (Å²) in [5.74, 6) is 1.36. The average molecular weight is 273 g/mol. The van der Waals surface area contributed by atoms with Crippen molar-refractivity contribution in [1.29, 1.82) is 0 Å². The van der Waals surface area contributed by atoms with E-state index in [-0.39, 0.29) is 17.6 Å². The molecule has 0 aromatic rings. The molecule has 2 fully saturated rings. The number of rotatable bonds is 2. The van der Waals surface area contributed by atoms with E-state index in [0.29, 0.717) is 24.5 Å². The van der Waals surface area contributed by atoms with Gasteiger partial charge in [0.05, 0.1) is 12.5 Å². The molecule has 0 aromatic carbocycles. The van der Waals surface area contributed by atoms with Gasteiger partial charge in [-0.1, -0.05) is 0 Å². The molecule has 104 valence electrons. The Labute approximate surface area is 112 Å². The molecule has 1 amide bonds. The Morgan fingerprint density at radius 3 is 2.83 bits per heavy atom. The fraction of sp³-hybridized carbons (Fsp3) is 0.923. The highest BCUT2D eigenvalue weighted by molar-refractivity contribution is 7.85. The van der Waals surface area contributed by atoms with Gasteiger partial charge in [-0.2, -0.15) is 0 Å². The molecule has 2 aliphatic heterocycles. The minimum atomic E-state index is -0.779. The molecule has 2 saturated heterocycles. The van der Waals surface area contributed by atoms with Crippen LogP contribution in [0.25, 0.3) is 0 Å². The second kappa shape index (κ2) is 5.70. The van der Waals surface area contributed by atoms with Crippen molar-refractivity contribution in [1.82, 2.24) is 4.90 Å². The van der Waals surface area contributed by atoms with Gasteiger partial charge in [-0.05, 0) is 33.1 Å². The molecule has 4 nitrogen and oxygen atoms in total. The van der Waals surface area contributed by atoms with Gasteiger partial charge in [0.2, 0.25) is 5.91 Å². The highest BCUT2D eigenvalue weighted by Gasteiger charge is 2.37. The summed E-state index contributed by atoms with van der Waals surface area (Å²) in [5, 5.41) is 0. The average Bonchev–Trinajstić information content (AvgIpc) is 2.28. The van der Waals surface area contributed by atoms with Crippen LogP contribution in [0.4, 0.5) is 0 Å². The summed E-state index contributed by atoms with van der Waals surface area (Å²) in [4.78, 5) is 14.2. The van der Waals surface area contributed by atoms with Crippen LogP contribution in [-0.4, -0.2) is 51.3 Å². The minimum absolute atomic E-state index is 0.0921. The van der Waals surface area contributed by atoms with Gasteiger partial charge in [0.15, 0.2) is 0 Å². The summed E-state index contributed by atoms with van der Waals surface area (Å²) in [7, 11) is -0.779. The SMILES string of the molecule is CC1(C)C[S@](=O)CCN1C(=O)C[C@@H]1CCCCO1. The summed E-state index contributed by atoms with van der Waals surface area (Å²) in [6.07, 6.45) is 3.83. The van der Waals surface area contributed by atoms with Crippen LogP contribution >= 0.6 is 0 Å². The van der Waals surface area contributed by atoms with E-state index in [1.54, 1.807) is 0 Å². The number of amides is 1. The van der Waals surface area contributed by atoms with Crippen LogP contribution in [0.5, 0.6) is 0 Å². The van der Waals surface area contributed by atoms with E-state index in [9.17, 15) is 9.00 Å². The molecular formula is C13H23NO3S. The van der Waals surface area contributed by atoms with Crippen molar-refractivity contribution in [3.05, 3.63) is 0 Å². The zero-order valence-corrected chi connectivity index (χ0v) is 12.1. The largest absolute Gasteiger partial charge is 0.378 e. The highest BCUT2D eigenvalue weighted by atomic mass is 32.2. The van der Waals surface area contributed by atoms with Crippen LogP contribution < -0.4 is 0 Å². The monoisotopic (exact) mass is 273 g/mol. The minimum Gasteiger partial charge on any atom is -0.378 e. The number of ether oxygens (including phenoxy) is 1. The van der Waals surface area contributed by atoms with E-state index in [0.717, 1.165) is 25.9 Å². The van der Waals surface area contributed by atoms with Crippen molar-refractivity contribution >= 4 is 16.7 Å². The maximum absolute atomic E-state index is 12.3. The third kappa shape index (κ3) is 3.32. The Bertz CT molecular complexity index is 337. The van der Waals surface area contributed by atoms with Gasteiger partial charge >= 0.3 is 0 Å². The summed E-state index contributed by atoms with van der Waals surface area (Å²) in [5.41, 5.74) is -0.283. The van der Waals surface area contributed by atoms with E-state index >= 15 is 0 Å². The van der Waals surface area contributed by atoms with Crippen LogP contribution in [0.3, 0.4) is 0 Å². The quantitative estimate of drug-likeness (QED) is 0.762. The molecule has 0 spiro atoms.